The highest BCUT2D eigenvalue weighted by Crippen LogP contribution is 2.55. The molecule has 0 unspecified atom stereocenters. The van der Waals surface area contributed by atoms with E-state index < -0.39 is 21.3 Å². The van der Waals surface area contributed by atoms with E-state index in [4.69, 9.17) is 4.74 Å². The number of carbonyl (C=O) groups is 1. The zero-order valence-electron chi connectivity index (χ0n) is 18.1. The van der Waals surface area contributed by atoms with Crippen molar-refractivity contribution in [1.82, 2.24) is 19.9 Å². The third kappa shape index (κ3) is 3.45. The van der Waals surface area contributed by atoms with Crippen molar-refractivity contribution >= 4 is 26.8 Å². The summed E-state index contributed by atoms with van der Waals surface area (Å²) in [6, 6.07) is 13.7. The van der Waals surface area contributed by atoms with E-state index in [2.05, 4.69) is 19.9 Å². The second-order valence-corrected chi connectivity index (χ2v) is 9.79. The summed E-state index contributed by atoms with van der Waals surface area (Å²) in [7, 11) is -2.59. The van der Waals surface area contributed by atoms with Crippen molar-refractivity contribution in [1.29, 1.82) is 0 Å². The van der Waals surface area contributed by atoms with E-state index in [9.17, 15) is 13.2 Å². The van der Waals surface area contributed by atoms with E-state index in [0.717, 1.165) is 16.8 Å². The van der Waals surface area contributed by atoms with Gasteiger partial charge in [-0.25, -0.2) is 13.1 Å². The van der Waals surface area contributed by atoms with Gasteiger partial charge in [-0.3, -0.25) is 14.9 Å². The van der Waals surface area contributed by atoms with E-state index >= 15 is 0 Å². The Morgan fingerprint density at radius 1 is 1.09 bits per heavy atom. The molecule has 1 aliphatic carbocycles. The Balaban J connectivity index is 1.57. The average Bonchev–Trinajstić information content (AvgIpc) is 3.52. The number of sulfonamides is 1. The first-order valence-corrected chi connectivity index (χ1v) is 11.9. The highest BCUT2D eigenvalue weighted by atomic mass is 32.2. The molecule has 2 aromatic carbocycles. The van der Waals surface area contributed by atoms with Gasteiger partial charge in [0, 0.05) is 28.4 Å². The summed E-state index contributed by atoms with van der Waals surface area (Å²) in [6.45, 7) is 1.89. The van der Waals surface area contributed by atoms with Crippen molar-refractivity contribution in [3.8, 4) is 16.9 Å². The summed E-state index contributed by atoms with van der Waals surface area (Å²) in [5.74, 6) is -0.0391. The molecule has 0 atom stereocenters. The minimum absolute atomic E-state index is 0.0168. The molecule has 2 N–H and O–H groups in total. The second kappa shape index (κ2) is 7.70. The van der Waals surface area contributed by atoms with Crippen LogP contribution in [0.5, 0.6) is 5.75 Å². The lowest BCUT2D eigenvalue weighted by Crippen LogP contribution is -2.39. The number of aromatic amines is 1. The van der Waals surface area contributed by atoms with E-state index in [1.165, 1.54) is 6.07 Å². The van der Waals surface area contributed by atoms with Crippen LogP contribution in [0.1, 0.15) is 24.1 Å². The predicted molar refractivity (Wildman–Crippen MR) is 123 cm³/mol. The van der Waals surface area contributed by atoms with Crippen LogP contribution in [0.15, 0.2) is 65.8 Å². The summed E-state index contributed by atoms with van der Waals surface area (Å²) in [5, 5.41) is 7.47. The lowest BCUT2D eigenvalue weighted by atomic mass is 9.87. The predicted octanol–water partition coefficient (Wildman–Crippen LogP) is 3.48. The highest BCUT2D eigenvalue weighted by Gasteiger charge is 2.55. The number of carbonyl (C=O) groups excluding carboxylic acids is 1. The summed E-state index contributed by atoms with van der Waals surface area (Å²) in [4.78, 5) is 17.8. The molecule has 1 saturated carbocycles. The first-order chi connectivity index (χ1) is 15.9. The number of ether oxygens (including phenoxy) is 1. The number of nitrogens with one attached hydrogen (secondary N) is 2. The fraction of sp³-hybridized carbons (Fsp3) is 0.208. The largest absolute Gasteiger partial charge is 0.496 e. The van der Waals surface area contributed by atoms with Crippen molar-refractivity contribution < 1.29 is 17.9 Å². The van der Waals surface area contributed by atoms with Crippen LogP contribution in [0.25, 0.3) is 22.0 Å². The Labute approximate surface area is 191 Å². The monoisotopic (exact) mass is 462 g/mol. The third-order valence-electron chi connectivity index (χ3n) is 6.15. The van der Waals surface area contributed by atoms with Gasteiger partial charge in [-0.05, 0) is 55.7 Å². The number of H-pyrrole nitrogens is 1. The Hall–Kier alpha value is -3.72. The zero-order valence-corrected chi connectivity index (χ0v) is 18.9. The first-order valence-electron chi connectivity index (χ1n) is 10.5. The van der Waals surface area contributed by atoms with Crippen molar-refractivity contribution in [2.75, 3.05) is 7.11 Å². The maximum atomic E-state index is 13.5. The number of rotatable bonds is 6. The molecule has 5 rings (SSSR count). The highest BCUT2D eigenvalue weighted by molar-refractivity contribution is 7.90. The smallest absolute Gasteiger partial charge is 0.264 e. The van der Waals surface area contributed by atoms with Gasteiger partial charge in [0.25, 0.3) is 10.0 Å². The maximum absolute atomic E-state index is 13.5. The molecule has 0 bridgehead atoms. The van der Waals surface area contributed by atoms with Gasteiger partial charge in [0.2, 0.25) is 5.91 Å². The number of nitrogens with zero attached hydrogens (tertiary/aromatic N) is 2. The molecule has 8 nitrogen and oxygen atoms in total. The van der Waals surface area contributed by atoms with E-state index in [1.54, 1.807) is 49.8 Å². The number of benzene rings is 2. The SMILES string of the molecule is COc1cccc(-c2cn[nH]c2C)c1C1(C(=O)NS(=O)(=O)c2cccc3ncccc23)CC1. The van der Waals surface area contributed by atoms with Gasteiger partial charge in [0.1, 0.15) is 5.75 Å². The van der Waals surface area contributed by atoms with Gasteiger partial charge in [0.15, 0.2) is 0 Å². The van der Waals surface area contributed by atoms with Gasteiger partial charge < -0.3 is 4.74 Å². The number of aromatic nitrogens is 3. The lowest BCUT2D eigenvalue weighted by Gasteiger charge is -2.22. The number of methoxy groups -OCH3 is 1. The Kier molecular flexibility index (Phi) is 4.93. The number of aryl methyl sites for hydroxylation is 1. The van der Waals surface area contributed by atoms with Crippen LogP contribution in [0.3, 0.4) is 0 Å². The number of hydrogen-bond donors (Lipinski definition) is 2. The van der Waals surface area contributed by atoms with Crippen LogP contribution in [0, 0.1) is 6.92 Å². The quantitative estimate of drug-likeness (QED) is 0.453. The molecule has 33 heavy (non-hydrogen) atoms. The van der Waals surface area contributed by atoms with Gasteiger partial charge in [-0.15, -0.1) is 0 Å². The van der Waals surface area contributed by atoms with Crippen LogP contribution in [-0.2, 0) is 20.2 Å². The van der Waals surface area contributed by atoms with Gasteiger partial charge in [-0.2, -0.15) is 5.10 Å². The number of hydrogen-bond acceptors (Lipinski definition) is 6. The summed E-state index contributed by atoms with van der Waals surface area (Å²) >= 11 is 0. The van der Waals surface area contributed by atoms with Crippen LogP contribution in [-0.4, -0.2) is 36.6 Å². The molecule has 0 spiro atoms. The van der Waals surface area contributed by atoms with Crippen molar-refractivity contribution in [2.24, 2.45) is 0 Å². The zero-order chi connectivity index (χ0) is 23.2. The van der Waals surface area contributed by atoms with Crippen LogP contribution in [0.2, 0.25) is 0 Å². The van der Waals surface area contributed by atoms with Crippen LogP contribution in [0.4, 0.5) is 0 Å². The molecule has 1 fully saturated rings. The van der Waals surface area contributed by atoms with Gasteiger partial charge in [-0.1, -0.05) is 18.2 Å². The van der Waals surface area contributed by atoms with E-state index in [-0.39, 0.29) is 4.90 Å². The third-order valence-corrected chi connectivity index (χ3v) is 7.54. The summed E-state index contributed by atoms with van der Waals surface area (Å²) < 4.78 is 34.5. The van der Waals surface area contributed by atoms with Gasteiger partial charge >= 0.3 is 0 Å². The molecule has 9 heteroatoms. The topological polar surface area (TPSA) is 114 Å². The molecule has 2 heterocycles. The molecular formula is C24H22N4O4S. The number of pyridine rings is 1. The van der Waals surface area contributed by atoms with E-state index in [0.29, 0.717) is 35.1 Å². The molecule has 1 amide bonds. The number of amides is 1. The Morgan fingerprint density at radius 3 is 2.58 bits per heavy atom. The molecule has 0 radical (unpaired) electrons. The van der Waals surface area contributed by atoms with Crippen molar-refractivity contribution in [3.63, 3.8) is 0 Å². The molecule has 0 saturated heterocycles. The molecule has 168 valence electrons. The lowest BCUT2D eigenvalue weighted by molar-refractivity contribution is -0.121. The van der Waals surface area contributed by atoms with E-state index in [1.807, 2.05) is 19.1 Å². The Bertz CT molecular complexity index is 1480. The van der Waals surface area contributed by atoms with Crippen LogP contribution < -0.4 is 9.46 Å². The molecule has 0 aliphatic heterocycles. The summed E-state index contributed by atoms with van der Waals surface area (Å²) in [6.07, 6.45) is 4.31. The standard InChI is InChI=1S/C24H22N4O4S/c1-15-18(14-26-27-15)16-6-3-9-20(32-2)22(16)24(11-12-24)23(29)28-33(30,31)21-10-4-8-19-17(21)7-5-13-25-19/h3-10,13-14H,11-12H2,1-2H3,(H,26,27)(H,28,29). The van der Waals surface area contributed by atoms with Gasteiger partial charge in [0.05, 0.1) is 29.1 Å². The minimum atomic E-state index is -4.13. The average molecular weight is 463 g/mol. The van der Waals surface area contributed by atoms with Crippen molar-refractivity contribution in [2.45, 2.75) is 30.1 Å². The second-order valence-electron chi connectivity index (χ2n) is 8.13. The molecule has 2 aromatic heterocycles. The maximum Gasteiger partial charge on any atom is 0.264 e. The van der Waals surface area contributed by atoms with Crippen LogP contribution >= 0.6 is 0 Å². The summed E-state index contributed by atoms with van der Waals surface area (Å²) in [5.41, 5.74) is 2.67. The molecule has 1 aliphatic rings. The fourth-order valence-corrected chi connectivity index (χ4v) is 5.61. The molecule has 4 aromatic rings. The minimum Gasteiger partial charge on any atom is -0.496 e. The Morgan fingerprint density at radius 2 is 1.88 bits per heavy atom. The van der Waals surface area contributed by atoms with Crippen molar-refractivity contribution in [3.05, 3.63) is 72.2 Å². The first kappa shape index (κ1) is 21.1. The molecular weight excluding hydrogens is 440 g/mol. The normalized spacial score (nSPS) is 14.7. The number of fused-ring (bicyclic) bond motifs is 1. The fourth-order valence-electron chi connectivity index (χ4n) is 4.34.